The number of nitrogens with zero attached hydrogens (tertiary/aromatic N) is 1. The fourth-order valence-electron chi connectivity index (χ4n) is 0.621. The fourth-order valence-corrected chi connectivity index (χ4v) is 1.03. The molecule has 5 heteroatoms. The molecule has 0 bridgehead atoms. The largest absolute Gasteiger partial charge is 0.480 e. The lowest BCUT2D eigenvalue weighted by Gasteiger charge is -2.20. The summed E-state index contributed by atoms with van der Waals surface area (Å²) in [5.74, 6) is -0.642. The Hall–Kier alpha value is -0.840. The van der Waals surface area contributed by atoms with E-state index in [1.165, 1.54) is 17.3 Å². The first-order chi connectivity index (χ1) is 5.13. The van der Waals surface area contributed by atoms with Crippen LogP contribution in [0.4, 0.5) is 0 Å². The lowest BCUT2D eigenvalue weighted by molar-refractivity contribution is -0.140. The summed E-state index contributed by atoms with van der Waals surface area (Å²) in [5.41, 5.74) is 5.08. The van der Waals surface area contributed by atoms with E-state index in [1.54, 1.807) is 7.05 Å². The zero-order chi connectivity index (χ0) is 8.85. The van der Waals surface area contributed by atoms with Crippen LogP contribution < -0.4 is 5.73 Å². The van der Waals surface area contributed by atoms with E-state index in [-0.39, 0.29) is 5.75 Å². The van der Waals surface area contributed by atoms with Crippen LogP contribution >= 0.6 is 12.6 Å². The van der Waals surface area contributed by atoms with Crippen molar-refractivity contribution in [3.8, 4) is 0 Å². The predicted octanol–water partition coefficient (Wildman–Crippen LogP) is -0.269. The molecule has 4 nitrogen and oxygen atoms in total. The number of aliphatic carboxylic acids is 1. The van der Waals surface area contributed by atoms with Gasteiger partial charge in [0, 0.05) is 25.2 Å². The molecular weight excluding hydrogens is 164 g/mol. The van der Waals surface area contributed by atoms with Crippen molar-refractivity contribution < 1.29 is 9.90 Å². The van der Waals surface area contributed by atoms with Gasteiger partial charge in [-0.15, -0.1) is 0 Å². The van der Waals surface area contributed by atoms with Crippen molar-refractivity contribution in [1.82, 2.24) is 4.90 Å². The van der Waals surface area contributed by atoms with Crippen molar-refractivity contribution in [2.24, 2.45) is 5.73 Å². The van der Waals surface area contributed by atoms with E-state index in [4.69, 9.17) is 10.8 Å². The van der Waals surface area contributed by atoms with Gasteiger partial charge in [0.05, 0.1) is 0 Å². The molecule has 0 aliphatic heterocycles. The van der Waals surface area contributed by atoms with E-state index in [2.05, 4.69) is 12.6 Å². The molecule has 0 aromatic rings. The van der Waals surface area contributed by atoms with Gasteiger partial charge in [-0.3, -0.25) is 0 Å². The van der Waals surface area contributed by atoms with Crippen LogP contribution in [0.25, 0.3) is 0 Å². The molecule has 0 saturated carbocycles. The molecule has 0 aromatic heterocycles. The lowest BCUT2D eigenvalue weighted by atomic mass is 10.3. The molecule has 0 heterocycles. The number of carbonyl (C=O) groups is 1. The van der Waals surface area contributed by atoms with E-state index in [9.17, 15) is 4.79 Å². The van der Waals surface area contributed by atoms with Crippen LogP contribution in [-0.4, -0.2) is 34.8 Å². The highest BCUT2D eigenvalue weighted by molar-refractivity contribution is 7.80. The summed E-state index contributed by atoms with van der Waals surface area (Å²) in [6.07, 6.45) is 2.79. The van der Waals surface area contributed by atoms with E-state index < -0.39 is 12.0 Å². The summed E-state index contributed by atoms with van der Waals surface area (Å²) >= 11 is 3.89. The van der Waals surface area contributed by atoms with Gasteiger partial charge < -0.3 is 15.7 Å². The van der Waals surface area contributed by atoms with E-state index in [1.807, 2.05) is 0 Å². The van der Waals surface area contributed by atoms with Gasteiger partial charge >= 0.3 is 5.97 Å². The smallest absolute Gasteiger partial charge is 0.327 e. The number of nitrogens with two attached hydrogens (primary N) is 1. The van der Waals surface area contributed by atoms with Gasteiger partial charge in [0.25, 0.3) is 0 Å². The molecule has 0 rings (SSSR count). The van der Waals surface area contributed by atoms with Crippen LogP contribution in [0.5, 0.6) is 0 Å². The number of hydrogen-bond acceptors (Lipinski definition) is 4. The highest BCUT2D eigenvalue weighted by atomic mass is 32.1. The highest BCUT2D eigenvalue weighted by Gasteiger charge is 2.17. The number of rotatable bonds is 4. The van der Waals surface area contributed by atoms with E-state index >= 15 is 0 Å². The molecule has 0 aromatic carbocycles. The summed E-state index contributed by atoms with van der Waals surface area (Å²) in [6.45, 7) is 0. The van der Waals surface area contributed by atoms with Gasteiger partial charge in [0.1, 0.15) is 6.04 Å². The maximum Gasteiger partial charge on any atom is 0.327 e. The van der Waals surface area contributed by atoms with Gasteiger partial charge in [-0.05, 0) is 0 Å². The van der Waals surface area contributed by atoms with Crippen molar-refractivity contribution in [2.75, 3.05) is 12.8 Å². The second-order valence-corrected chi connectivity index (χ2v) is 2.41. The first-order valence-electron chi connectivity index (χ1n) is 3.07. The number of thiol groups is 1. The fraction of sp³-hybridized carbons (Fsp3) is 0.500. The molecule has 0 unspecified atom stereocenters. The Bertz CT molecular complexity index is 161. The van der Waals surface area contributed by atoms with Gasteiger partial charge in [0.2, 0.25) is 0 Å². The first-order valence-corrected chi connectivity index (χ1v) is 3.70. The Balaban J connectivity index is 4.13. The first kappa shape index (κ1) is 10.2. The van der Waals surface area contributed by atoms with Crippen LogP contribution in [0.15, 0.2) is 12.4 Å². The van der Waals surface area contributed by atoms with Crippen LogP contribution in [0.2, 0.25) is 0 Å². The third-order valence-electron chi connectivity index (χ3n) is 1.27. The molecule has 0 saturated heterocycles. The summed E-state index contributed by atoms with van der Waals surface area (Å²) in [4.78, 5) is 12.0. The monoisotopic (exact) mass is 176 g/mol. The van der Waals surface area contributed by atoms with Crippen LogP contribution in [-0.2, 0) is 4.79 Å². The third kappa shape index (κ3) is 3.18. The lowest BCUT2D eigenvalue weighted by Crippen LogP contribution is -2.36. The normalized spacial score (nSPS) is 13.3. The molecule has 11 heavy (non-hydrogen) atoms. The predicted molar refractivity (Wildman–Crippen MR) is 46.4 cm³/mol. The van der Waals surface area contributed by atoms with Crippen molar-refractivity contribution in [1.29, 1.82) is 0 Å². The maximum absolute atomic E-state index is 10.5. The molecule has 64 valence electrons. The minimum atomic E-state index is -0.902. The van der Waals surface area contributed by atoms with Gasteiger partial charge in [-0.1, -0.05) is 0 Å². The molecule has 0 aliphatic carbocycles. The standard InChI is InChI=1S/C6H12N2O2S/c1-8(3-2-7)5(4-11)6(9)10/h2-3,5,11H,4,7H2,1H3,(H,9,10)/b3-2+/t5-/m1/s1. The highest BCUT2D eigenvalue weighted by Crippen LogP contribution is 1.99. The van der Waals surface area contributed by atoms with Crippen molar-refractivity contribution >= 4 is 18.6 Å². The summed E-state index contributed by atoms with van der Waals surface area (Å²) in [6, 6.07) is -0.613. The SMILES string of the molecule is CN(/C=C/N)[C@H](CS)C(=O)O. The van der Waals surface area contributed by atoms with Crippen LogP contribution in [0, 0.1) is 0 Å². The maximum atomic E-state index is 10.5. The van der Waals surface area contributed by atoms with Crippen molar-refractivity contribution in [2.45, 2.75) is 6.04 Å². The third-order valence-corrected chi connectivity index (χ3v) is 1.62. The Morgan fingerprint density at radius 3 is 2.73 bits per heavy atom. The topological polar surface area (TPSA) is 66.6 Å². The molecule has 0 radical (unpaired) electrons. The summed E-state index contributed by atoms with van der Waals surface area (Å²) < 4.78 is 0. The Morgan fingerprint density at radius 2 is 2.45 bits per heavy atom. The average Bonchev–Trinajstić information content (AvgIpc) is 1.88. The second-order valence-electron chi connectivity index (χ2n) is 2.04. The van der Waals surface area contributed by atoms with Gasteiger partial charge in [-0.2, -0.15) is 12.6 Å². The Kier molecular flexibility index (Phi) is 4.52. The van der Waals surface area contributed by atoms with Gasteiger partial charge in [-0.25, -0.2) is 4.79 Å². The van der Waals surface area contributed by atoms with Crippen LogP contribution in [0.1, 0.15) is 0 Å². The quantitative estimate of drug-likeness (QED) is 0.516. The number of hydrogen-bond donors (Lipinski definition) is 3. The minimum absolute atomic E-state index is 0.260. The summed E-state index contributed by atoms with van der Waals surface area (Å²) in [5, 5.41) is 8.61. The van der Waals surface area contributed by atoms with Crippen molar-refractivity contribution in [3.63, 3.8) is 0 Å². The molecule has 0 aliphatic rings. The molecule has 3 N–H and O–H groups in total. The number of likely N-dealkylation sites (N-methyl/N-ethyl adjacent to an activating group) is 1. The van der Waals surface area contributed by atoms with Gasteiger partial charge in [0.15, 0.2) is 0 Å². The van der Waals surface area contributed by atoms with E-state index in [0.717, 1.165) is 0 Å². The number of carboxylic acids is 1. The van der Waals surface area contributed by atoms with E-state index in [0.29, 0.717) is 0 Å². The molecule has 0 spiro atoms. The molecule has 0 amide bonds. The van der Waals surface area contributed by atoms with Crippen LogP contribution in [0.3, 0.4) is 0 Å². The molecule has 1 atom stereocenters. The Labute approximate surface area is 71.1 Å². The Morgan fingerprint density at radius 1 is 1.91 bits per heavy atom. The minimum Gasteiger partial charge on any atom is -0.480 e. The average molecular weight is 176 g/mol. The molecular formula is C6H12N2O2S. The second kappa shape index (κ2) is 4.90. The number of carboxylic acid groups (broad SMARTS) is 1. The zero-order valence-corrected chi connectivity index (χ0v) is 7.16. The molecule has 0 fully saturated rings. The van der Waals surface area contributed by atoms with Crippen molar-refractivity contribution in [3.05, 3.63) is 12.4 Å². The summed E-state index contributed by atoms with van der Waals surface area (Å²) in [7, 11) is 1.64. The zero-order valence-electron chi connectivity index (χ0n) is 6.27.